The molecule has 28 heavy (non-hydrogen) atoms. The molecule has 0 radical (unpaired) electrons. The number of hydrogen-bond donors (Lipinski definition) is 2. The quantitative estimate of drug-likeness (QED) is 0.541. The zero-order valence-electron chi connectivity index (χ0n) is 15.7. The maximum absolute atomic E-state index is 12.0. The molecule has 2 amide bonds. The molecule has 2 N–H and O–H groups in total. The Morgan fingerprint density at radius 1 is 1.00 bits per heavy atom. The summed E-state index contributed by atoms with van der Waals surface area (Å²) < 4.78 is 9.83. The standard InChI is InChI=1S/C21H22N2O5/c1-3-28-18-11-4-15(5-12-18)6-13-19(24)23-17-9-7-16(8-10-17)21(26)22-14-20(25)27-2/h4-13H,3,14H2,1-2H3,(H,22,26)(H,23,24)/b13-6+. The smallest absolute Gasteiger partial charge is 0.325 e. The number of hydrogen-bond acceptors (Lipinski definition) is 5. The molecule has 2 aromatic rings. The van der Waals surface area contributed by atoms with Crippen LogP contribution in [-0.4, -0.2) is 38.0 Å². The summed E-state index contributed by atoms with van der Waals surface area (Å²) in [4.78, 5) is 35.0. The van der Waals surface area contributed by atoms with E-state index >= 15 is 0 Å². The monoisotopic (exact) mass is 382 g/mol. The average Bonchev–Trinajstić information content (AvgIpc) is 2.72. The predicted octanol–water partition coefficient (Wildman–Crippen LogP) is 2.64. The third kappa shape index (κ3) is 6.60. The van der Waals surface area contributed by atoms with Crippen molar-refractivity contribution in [3.8, 4) is 5.75 Å². The minimum atomic E-state index is -0.531. The Morgan fingerprint density at radius 2 is 1.68 bits per heavy atom. The summed E-state index contributed by atoms with van der Waals surface area (Å²) in [6, 6.07) is 13.7. The van der Waals surface area contributed by atoms with Gasteiger partial charge in [-0.05, 0) is 55.0 Å². The molecule has 0 saturated carbocycles. The van der Waals surface area contributed by atoms with Crippen LogP contribution in [0.15, 0.2) is 54.6 Å². The van der Waals surface area contributed by atoms with Gasteiger partial charge in [0.2, 0.25) is 5.91 Å². The maximum Gasteiger partial charge on any atom is 0.325 e. The minimum Gasteiger partial charge on any atom is -0.494 e. The molecule has 146 valence electrons. The van der Waals surface area contributed by atoms with Gasteiger partial charge in [-0.15, -0.1) is 0 Å². The Hall–Kier alpha value is -3.61. The zero-order chi connectivity index (χ0) is 20.4. The highest BCUT2D eigenvalue weighted by Gasteiger charge is 2.08. The third-order valence-electron chi connectivity index (χ3n) is 3.65. The second kappa shape index (κ2) is 10.5. The third-order valence-corrected chi connectivity index (χ3v) is 3.65. The molecule has 0 fully saturated rings. The lowest BCUT2D eigenvalue weighted by atomic mass is 10.2. The van der Waals surface area contributed by atoms with Crippen LogP contribution in [-0.2, 0) is 14.3 Å². The molecule has 0 aromatic heterocycles. The zero-order valence-corrected chi connectivity index (χ0v) is 15.7. The summed E-state index contributed by atoms with van der Waals surface area (Å²) in [6.07, 6.45) is 3.12. The van der Waals surface area contributed by atoms with Gasteiger partial charge in [0.25, 0.3) is 5.91 Å². The molecule has 2 aromatic carbocycles. The van der Waals surface area contributed by atoms with Crippen molar-refractivity contribution in [1.82, 2.24) is 5.32 Å². The molecule has 0 atom stereocenters. The van der Waals surface area contributed by atoms with Gasteiger partial charge in [-0.25, -0.2) is 0 Å². The first-order chi connectivity index (χ1) is 13.5. The van der Waals surface area contributed by atoms with Crippen LogP contribution in [0.1, 0.15) is 22.8 Å². The molecule has 0 aliphatic heterocycles. The highest BCUT2D eigenvalue weighted by atomic mass is 16.5. The summed E-state index contributed by atoms with van der Waals surface area (Å²) >= 11 is 0. The van der Waals surface area contributed by atoms with Gasteiger partial charge in [0.05, 0.1) is 13.7 Å². The van der Waals surface area contributed by atoms with E-state index < -0.39 is 11.9 Å². The summed E-state index contributed by atoms with van der Waals surface area (Å²) in [5.41, 5.74) is 1.79. The lowest BCUT2D eigenvalue weighted by molar-refractivity contribution is -0.139. The first kappa shape index (κ1) is 20.7. The summed E-state index contributed by atoms with van der Waals surface area (Å²) in [5.74, 6) is -0.452. The van der Waals surface area contributed by atoms with Crippen molar-refractivity contribution >= 4 is 29.5 Å². The molecule has 0 spiro atoms. The first-order valence-electron chi connectivity index (χ1n) is 8.69. The van der Waals surface area contributed by atoms with Crippen molar-refractivity contribution in [2.24, 2.45) is 0 Å². The summed E-state index contributed by atoms with van der Waals surface area (Å²) in [6.45, 7) is 2.31. The van der Waals surface area contributed by atoms with Gasteiger partial charge in [0.15, 0.2) is 0 Å². The van der Waals surface area contributed by atoms with E-state index in [1.807, 2.05) is 31.2 Å². The van der Waals surface area contributed by atoms with Crippen LogP contribution >= 0.6 is 0 Å². The van der Waals surface area contributed by atoms with E-state index in [4.69, 9.17) is 4.74 Å². The van der Waals surface area contributed by atoms with Crippen LogP contribution in [0, 0.1) is 0 Å². The van der Waals surface area contributed by atoms with Gasteiger partial charge < -0.3 is 20.1 Å². The fourth-order valence-electron chi connectivity index (χ4n) is 2.23. The van der Waals surface area contributed by atoms with Crippen LogP contribution in [0.3, 0.4) is 0 Å². The van der Waals surface area contributed by atoms with Crippen LogP contribution < -0.4 is 15.4 Å². The van der Waals surface area contributed by atoms with Gasteiger partial charge in [-0.3, -0.25) is 14.4 Å². The first-order valence-corrected chi connectivity index (χ1v) is 8.69. The largest absolute Gasteiger partial charge is 0.494 e. The van der Waals surface area contributed by atoms with E-state index in [2.05, 4.69) is 15.4 Å². The van der Waals surface area contributed by atoms with E-state index in [-0.39, 0.29) is 12.5 Å². The molecular formula is C21H22N2O5. The van der Waals surface area contributed by atoms with Crippen molar-refractivity contribution in [1.29, 1.82) is 0 Å². The number of nitrogens with one attached hydrogen (secondary N) is 2. The lowest BCUT2D eigenvalue weighted by Crippen LogP contribution is -2.30. The van der Waals surface area contributed by atoms with Gasteiger partial charge in [-0.1, -0.05) is 12.1 Å². The highest BCUT2D eigenvalue weighted by Crippen LogP contribution is 2.13. The normalized spacial score (nSPS) is 10.4. The number of benzene rings is 2. The van der Waals surface area contributed by atoms with Crippen LogP contribution in [0.5, 0.6) is 5.75 Å². The van der Waals surface area contributed by atoms with Gasteiger partial charge >= 0.3 is 5.97 Å². The van der Waals surface area contributed by atoms with Gasteiger partial charge in [-0.2, -0.15) is 0 Å². The Kier molecular flexibility index (Phi) is 7.77. The second-order valence-corrected chi connectivity index (χ2v) is 5.66. The molecule has 0 heterocycles. The van der Waals surface area contributed by atoms with Crippen molar-refractivity contribution in [3.63, 3.8) is 0 Å². The van der Waals surface area contributed by atoms with Crippen molar-refractivity contribution in [3.05, 3.63) is 65.7 Å². The molecule has 2 rings (SSSR count). The molecule has 0 unspecified atom stereocenters. The summed E-state index contributed by atoms with van der Waals surface area (Å²) in [7, 11) is 1.25. The number of esters is 1. The molecule has 7 heteroatoms. The summed E-state index contributed by atoms with van der Waals surface area (Å²) in [5, 5.41) is 5.15. The Balaban J connectivity index is 1.88. The van der Waals surface area contributed by atoms with Crippen molar-refractivity contribution < 1.29 is 23.9 Å². The van der Waals surface area contributed by atoms with Crippen LogP contribution in [0.4, 0.5) is 5.69 Å². The Labute approximate surface area is 163 Å². The number of amides is 2. The number of rotatable bonds is 8. The maximum atomic E-state index is 12.0. The molecule has 0 saturated heterocycles. The molecule has 0 aliphatic carbocycles. The van der Waals surface area contributed by atoms with E-state index in [0.717, 1.165) is 11.3 Å². The second-order valence-electron chi connectivity index (χ2n) is 5.66. The van der Waals surface area contributed by atoms with Crippen LogP contribution in [0.25, 0.3) is 6.08 Å². The molecule has 0 bridgehead atoms. The lowest BCUT2D eigenvalue weighted by Gasteiger charge is -2.06. The fourth-order valence-corrected chi connectivity index (χ4v) is 2.23. The van der Waals surface area contributed by atoms with Gasteiger partial charge in [0, 0.05) is 17.3 Å². The fraction of sp³-hybridized carbons (Fsp3) is 0.190. The topological polar surface area (TPSA) is 93.7 Å². The predicted molar refractivity (Wildman–Crippen MR) is 106 cm³/mol. The van der Waals surface area contributed by atoms with E-state index in [0.29, 0.717) is 17.9 Å². The van der Waals surface area contributed by atoms with Crippen molar-refractivity contribution in [2.45, 2.75) is 6.92 Å². The van der Waals surface area contributed by atoms with Crippen molar-refractivity contribution in [2.75, 3.05) is 25.6 Å². The van der Waals surface area contributed by atoms with E-state index in [1.165, 1.54) is 13.2 Å². The number of carbonyl (C=O) groups is 3. The Bertz CT molecular complexity index is 842. The number of methoxy groups -OCH3 is 1. The number of anilines is 1. The minimum absolute atomic E-state index is 0.204. The van der Waals surface area contributed by atoms with E-state index in [9.17, 15) is 14.4 Å². The number of ether oxygens (including phenoxy) is 2. The number of carbonyl (C=O) groups excluding carboxylic acids is 3. The SMILES string of the molecule is CCOc1ccc(/C=C/C(=O)Nc2ccc(C(=O)NCC(=O)OC)cc2)cc1. The Morgan fingerprint density at radius 3 is 2.29 bits per heavy atom. The average molecular weight is 382 g/mol. The highest BCUT2D eigenvalue weighted by molar-refractivity contribution is 6.02. The molecule has 0 aliphatic rings. The molecule has 7 nitrogen and oxygen atoms in total. The van der Waals surface area contributed by atoms with Crippen LogP contribution in [0.2, 0.25) is 0 Å². The van der Waals surface area contributed by atoms with Gasteiger partial charge in [0.1, 0.15) is 12.3 Å². The van der Waals surface area contributed by atoms with E-state index in [1.54, 1.807) is 30.3 Å². The molecular weight excluding hydrogens is 360 g/mol.